The number of hydrogen-bond donors (Lipinski definition) is 8. The number of nitrogens with two attached hydrogens (primary N) is 1. The molecule has 0 unspecified atom stereocenters. The minimum absolute atomic E-state index is 0.0153. The Bertz CT molecular complexity index is 849. The van der Waals surface area contributed by atoms with Gasteiger partial charge in [-0.05, 0) is 16.4 Å². The fraction of sp³-hybridized carbons (Fsp3) is 0.700. The molecule has 34 heavy (non-hydrogen) atoms. The van der Waals surface area contributed by atoms with Gasteiger partial charge in [0.25, 0.3) is 0 Å². The number of hydrogen-bond acceptors (Lipinski definition) is 8. The summed E-state index contributed by atoms with van der Waals surface area (Å²) in [5.41, 5.74) is 7.82. The van der Waals surface area contributed by atoms with Gasteiger partial charge in [0.05, 0.1) is 25.2 Å². The molecule has 9 N–H and O–H groups in total. The summed E-state index contributed by atoms with van der Waals surface area (Å²) in [5.74, 6) is 0.683. The number of aliphatic hydroxyl groups excluding tert-OH is 3. The minimum Gasteiger partial charge on any atom is -0.492 e. The Morgan fingerprint density at radius 2 is 1.26 bits per heavy atom. The monoisotopic (exact) mass is 531 g/mol. The lowest BCUT2D eigenvalue weighted by Crippen LogP contribution is -2.40. The van der Waals surface area contributed by atoms with Crippen LogP contribution in [0.15, 0.2) is 12.1 Å². The standard InChI is InChI=1S/C20H35NO4.H4O7P2/c1-18(2,3)15-7-14(9-21)17(16(8-15)19(4,5)6)25-13-20(10-22,11-23)12-24;1-8(2,3)7-9(4,5)6/h7-8,22-24H,9-13,21H2,1-6H3;(H2,1,2,3)(H2,4,5,6). The molecule has 0 amide bonds. The van der Waals surface area contributed by atoms with Crippen molar-refractivity contribution in [3.63, 3.8) is 0 Å². The van der Waals surface area contributed by atoms with Crippen molar-refractivity contribution in [2.24, 2.45) is 11.1 Å². The Morgan fingerprint density at radius 1 is 0.824 bits per heavy atom. The van der Waals surface area contributed by atoms with E-state index in [1.165, 1.54) is 5.56 Å². The molecular formula is C20H39NO11P2. The first-order valence-electron chi connectivity index (χ1n) is 10.3. The highest BCUT2D eigenvalue weighted by molar-refractivity contribution is 7.60. The first-order chi connectivity index (χ1) is 15.1. The van der Waals surface area contributed by atoms with Crippen molar-refractivity contribution in [2.75, 3.05) is 26.4 Å². The van der Waals surface area contributed by atoms with E-state index in [4.69, 9.17) is 30.0 Å². The zero-order chi connectivity index (χ0) is 27.2. The van der Waals surface area contributed by atoms with Gasteiger partial charge in [-0.25, -0.2) is 9.13 Å². The Kier molecular flexibility index (Phi) is 12.1. The van der Waals surface area contributed by atoms with E-state index in [1.54, 1.807) is 0 Å². The van der Waals surface area contributed by atoms with Crippen LogP contribution in [0.5, 0.6) is 5.75 Å². The number of aliphatic hydroxyl groups is 3. The second kappa shape index (κ2) is 12.4. The van der Waals surface area contributed by atoms with Gasteiger partial charge < -0.3 is 45.4 Å². The third kappa shape index (κ3) is 11.2. The van der Waals surface area contributed by atoms with E-state index in [-0.39, 0.29) is 37.3 Å². The second-order valence-corrected chi connectivity index (χ2v) is 12.7. The summed E-state index contributed by atoms with van der Waals surface area (Å²) in [6.45, 7) is 12.1. The highest BCUT2D eigenvalue weighted by Gasteiger charge is 2.32. The van der Waals surface area contributed by atoms with Gasteiger partial charge in [-0.1, -0.05) is 53.7 Å². The average Bonchev–Trinajstić information content (AvgIpc) is 2.65. The molecule has 0 bridgehead atoms. The summed E-state index contributed by atoms with van der Waals surface area (Å²) < 4.78 is 28.2. The van der Waals surface area contributed by atoms with Crippen molar-refractivity contribution in [1.82, 2.24) is 0 Å². The molecule has 0 aliphatic heterocycles. The molecule has 0 atom stereocenters. The maximum Gasteiger partial charge on any atom is 0.478 e. The van der Waals surface area contributed by atoms with E-state index in [0.29, 0.717) is 12.3 Å². The van der Waals surface area contributed by atoms with Crippen molar-refractivity contribution < 1.29 is 53.1 Å². The quantitative estimate of drug-likeness (QED) is 0.211. The Hall–Kier alpha value is -0.880. The Morgan fingerprint density at radius 3 is 1.53 bits per heavy atom. The molecule has 0 radical (unpaired) electrons. The molecule has 1 rings (SSSR count). The molecule has 0 aliphatic rings. The van der Waals surface area contributed by atoms with E-state index in [2.05, 4.69) is 58.0 Å². The van der Waals surface area contributed by atoms with Crippen molar-refractivity contribution in [1.29, 1.82) is 0 Å². The SMILES string of the molecule is CC(C)(C)c1cc(CN)c(OCC(CO)(CO)CO)c(C(C)(C)C)c1.O=P(O)(O)OP(=O)(O)O. The second-order valence-electron chi connectivity index (χ2n) is 10.0. The normalized spacial score (nSPS) is 13.4. The van der Waals surface area contributed by atoms with E-state index in [0.717, 1.165) is 11.1 Å². The largest absolute Gasteiger partial charge is 0.492 e. The predicted molar refractivity (Wildman–Crippen MR) is 126 cm³/mol. The summed E-state index contributed by atoms with van der Waals surface area (Å²) in [7, 11) is -10.1. The highest BCUT2D eigenvalue weighted by atomic mass is 31.3. The molecule has 0 saturated heterocycles. The molecule has 14 heteroatoms. The third-order valence-corrected chi connectivity index (χ3v) is 6.50. The molecule has 0 saturated carbocycles. The van der Waals surface area contributed by atoms with Crippen LogP contribution >= 0.6 is 15.6 Å². The summed E-state index contributed by atoms with van der Waals surface area (Å²) in [5, 5.41) is 28.6. The van der Waals surface area contributed by atoms with Gasteiger partial charge in [0.2, 0.25) is 0 Å². The highest BCUT2D eigenvalue weighted by Crippen LogP contribution is 2.53. The Balaban J connectivity index is 0.00000102. The number of phosphoric acid groups is 2. The summed E-state index contributed by atoms with van der Waals surface area (Å²) in [6, 6.07) is 4.20. The van der Waals surface area contributed by atoms with E-state index in [1.807, 2.05) is 0 Å². The van der Waals surface area contributed by atoms with Crippen molar-refractivity contribution in [3.05, 3.63) is 28.8 Å². The molecule has 1 aromatic rings. The molecule has 0 heterocycles. The smallest absolute Gasteiger partial charge is 0.478 e. The summed E-state index contributed by atoms with van der Waals surface area (Å²) >= 11 is 0. The molecule has 12 nitrogen and oxygen atoms in total. The Labute approximate surface area is 200 Å². The topological polar surface area (TPSA) is 220 Å². The lowest BCUT2D eigenvalue weighted by molar-refractivity contribution is -0.0264. The molecular weight excluding hydrogens is 492 g/mol. The molecule has 200 valence electrons. The van der Waals surface area contributed by atoms with Gasteiger partial charge in [-0.15, -0.1) is 0 Å². The van der Waals surface area contributed by atoms with Gasteiger partial charge in [0.15, 0.2) is 0 Å². The predicted octanol–water partition coefficient (Wildman–Crippen LogP) is 1.27. The van der Waals surface area contributed by atoms with Gasteiger partial charge in [-0.3, -0.25) is 0 Å². The molecule has 0 aliphatic carbocycles. The van der Waals surface area contributed by atoms with Crippen molar-refractivity contribution in [2.45, 2.75) is 58.9 Å². The van der Waals surface area contributed by atoms with Gasteiger partial charge in [-0.2, -0.15) is 4.31 Å². The van der Waals surface area contributed by atoms with Crippen molar-refractivity contribution >= 4 is 15.6 Å². The zero-order valence-corrected chi connectivity index (χ0v) is 22.2. The van der Waals surface area contributed by atoms with E-state index < -0.39 is 21.1 Å². The molecule has 0 aromatic heterocycles. The van der Waals surface area contributed by atoms with Crippen LogP contribution in [0.4, 0.5) is 0 Å². The maximum absolute atomic E-state index is 9.63. The molecule has 1 aromatic carbocycles. The van der Waals surface area contributed by atoms with Gasteiger partial charge in [0.1, 0.15) is 12.4 Å². The third-order valence-electron chi connectivity index (χ3n) is 4.80. The first kappa shape index (κ1) is 33.1. The van der Waals surface area contributed by atoms with Crippen LogP contribution in [0.1, 0.15) is 58.2 Å². The van der Waals surface area contributed by atoms with Crippen LogP contribution in [0.25, 0.3) is 0 Å². The average molecular weight is 531 g/mol. The van der Waals surface area contributed by atoms with E-state index in [9.17, 15) is 24.4 Å². The molecule has 0 fully saturated rings. The lowest BCUT2D eigenvalue weighted by Gasteiger charge is -2.32. The van der Waals surface area contributed by atoms with Crippen LogP contribution in [0, 0.1) is 5.41 Å². The van der Waals surface area contributed by atoms with Gasteiger partial charge >= 0.3 is 15.6 Å². The number of benzene rings is 1. The van der Waals surface area contributed by atoms with Crippen LogP contribution in [-0.4, -0.2) is 61.3 Å². The zero-order valence-electron chi connectivity index (χ0n) is 20.4. The van der Waals surface area contributed by atoms with Crippen molar-refractivity contribution in [3.8, 4) is 5.75 Å². The van der Waals surface area contributed by atoms with E-state index >= 15 is 0 Å². The van der Waals surface area contributed by atoms with Crippen LogP contribution in [0.3, 0.4) is 0 Å². The summed E-state index contributed by atoms with van der Waals surface area (Å²) in [6.07, 6.45) is 0. The lowest BCUT2D eigenvalue weighted by atomic mass is 9.79. The van der Waals surface area contributed by atoms with Crippen LogP contribution in [-0.2, 0) is 30.8 Å². The molecule has 0 spiro atoms. The maximum atomic E-state index is 9.63. The fourth-order valence-electron chi connectivity index (χ4n) is 2.65. The number of ether oxygens (including phenoxy) is 1. The van der Waals surface area contributed by atoms with Crippen LogP contribution in [0.2, 0.25) is 0 Å². The van der Waals surface area contributed by atoms with Crippen LogP contribution < -0.4 is 10.5 Å². The fourth-order valence-corrected chi connectivity index (χ4v) is 3.76. The summed E-state index contributed by atoms with van der Waals surface area (Å²) in [4.78, 5) is 31.0. The minimum atomic E-state index is -5.05. The van der Waals surface area contributed by atoms with Gasteiger partial charge in [0, 0.05) is 17.7 Å². The first-order valence-corrected chi connectivity index (χ1v) is 13.4. The number of rotatable bonds is 9.